The Balaban J connectivity index is 1.25. The van der Waals surface area contributed by atoms with E-state index in [2.05, 4.69) is 25.6 Å². The summed E-state index contributed by atoms with van der Waals surface area (Å²) in [5.41, 5.74) is 2.86. The molecule has 0 radical (unpaired) electrons. The van der Waals surface area contributed by atoms with Gasteiger partial charge in [-0.2, -0.15) is 0 Å². The van der Waals surface area contributed by atoms with Gasteiger partial charge in [0.15, 0.2) is 10.8 Å². The maximum absolute atomic E-state index is 13.4. The predicted octanol–water partition coefficient (Wildman–Crippen LogP) is 5.70. The molecule has 0 saturated carbocycles. The molecule has 1 aliphatic heterocycles. The maximum atomic E-state index is 13.4. The van der Waals surface area contributed by atoms with Crippen molar-refractivity contribution in [3.8, 4) is 21.7 Å². The van der Waals surface area contributed by atoms with E-state index in [1.807, 2.05) is 62.6 Å². The summed E-state index contributed by atoms with van der Waals surface area (Å²) in [5, 5.41) is 5.35. The lowest BCUT2D eigenvalue weighted by Gasteiger charge is -2.30. The average Bonchev–Trinajstić information content (AvgIpc) is 3.78. The second kappa shape index (κ2) is 12.9. The van der Waals surface area contributed by atoms with Gasteiger partial charge < -0.3 is 24.7 Å². The lowest BCUT2D eigenvalue weighted by Crippen LogP contribution is -2.51. The molecule has 12 nitrogen and oxygen atoms in total. The summed E-state index contributed by atoms with van der Waals surface area (Å²) in [7, 11) is 1.29. The van der Waals surface area contributed by atoms with Gasteiger partial charge in [0.25, 0.3) is 0 Å². The smallest absolute Gasteiger partial charge is 0.412 e. The molecule has 0 bridgehead atoms. The highest BCUT2D eigenvalue weighted by atomic mass is 32.1. The number of likely N-dealkylation sites (tertiary alicyclic amines) is 1. The number of benzene rings is 1. The molecule has 1 saturated heterocycles. The van der Waals surface area contributed by atoms with Crippen molar-refractivity contribution in [1.82, 2.24) is 29.6 Å². The van der Waals surface area contributed by atoms with Gasteiger partial charge in [0.1, 0.15) is 11.9 Å². The van der Waals surface area contributed by atoms with Crippen molar-refractivity contribution < 1.29 is 23.9 Å². The molecule has 0 unspecified atom stereocenters. The van der Waals surface area contributed by atoms with Crippen LogP contribution in [0.5, 0.6) is 0 Å². The zero-order valence-electron chi connectivity index (χ0n) is 24.9. The number of thiazole rings is 1. The van der Waals surface area contributed by atoms with E-state index < -0.39 is 18.2 Å². The number of fused-ring (bicyclic) bond motifs is 1. The number of anilines is 1. The monoisotopic (exact) mass is 607 g/mol. The van der Waals surface area contributed by atoms with Gasteiger partial charge in [-0.25, -0.2) is 19.6 Å². The molecule has 1 fully saturated rings. The van der Waals surface area contributed by atoms with E-state index in [1.54, 1.807) is 17.3 Å². The fourth-order valence-corrected chi connectivity index (χ4v) is 6.00. The molecule has 5 rings (SSSR count). The quantitative estimate of drug-likeness (QED) is 0.221. The zero-order chi connectivity index (χ0) is 30.7. The number of H-pyrrole nitrogens is 1. The second-order valence-electron chi connectivity index (χ2n) is 11.3. The van der Waals surface area contributed by atoms with Gasteiger partial charge in [-0.3, -0.25) is 14.5 Å². The van der Waals surface area contributed by atoms with Crippen LogP contribution in [-0.4, -0.2) is 68.6 Å². The van der Waals surface area contributed by atoms with Crippen LogP contribution in [0.2, 0.25) is 0 Å². The zero-order valence-corrected chi connectivity index (χ0v) is 25.7. The number of aromatic amines is 1. The first-order chi connectivity index (χ1) is 20.6. The standard InChI is InChI=1S/C30H37N7O5S/c1-17(2)16-42-30(40)34-24-15-36-14-23(43-28(36)33-24)20-10-8-19(9-11-20)21-13-31-26(32-21)22-7-6-12-37(22)27(38)25(18(3)4)35-29(39)41-5/h8-11,13-15,17-18,22,25H,6-7,12,16H2,1-5H3,(H,31,32)(H,34,40)(H,35,39)/t22-,25-/m0/s1. The van der Waals surface area contributed by atoms with Crippen LogP contribution in [0.3, 0.4) is 0 Å². The average molecular weight is 608 g/mol. The Morgan fingerprint density at radius 2 is 1.84 bits per heavy atom. The summed E-state index contributed by atoms with van der Waals surface area (Å²) in [5.74, 6) is 1.20. The summed E-state index contributed by atoms with van der Waals surface area (Å²) in [6.07, 6.45) is 6.04. The third kappa shape index (κ3) is 6.82. The number of aromatic nitrogens is 4. The van der Waals surface area contributed by atoms with Crippen molar-refractivity contribution in [2.75, 3.05) is 25.6 Å². The molecule has 0 spiro atoms. The lowest BCUT2D eigenvalue weighted by molar-refractivity contribution is -0.135. The molecular formula is C30H37N7O5S. The number of alkyl carbamates (subject to hydrolysis) is 1. The number of carbonyl (C=O) groups is 3. The first-order valence-corrected chi connectivity index (χ1v) is 15.2. The van der Waals surface area contributed by atoms with Crippen molar-refractivity contribution in [3.05, 3.63) is 48.7 Å². The van der Waals surface area contributed by atoms with Crippen LogP contribution in [0.15, 0.2) is 42.9 Å². The summed E-state index contributed by atoms with van der Waals surface area (Å²) in [4.78, 5) is 53.3. The van der Waals surface area contributed by atoms with Gasteiger partial charge in [0, 0.05) is 12.7 Å². The Kier molecular flexibility index (Phi) is 9.00. The van der Waals surface area contributed by atoms with Crippen LogP contribution in [0, 0.1) is 11.8 Å². The van der Waals surface area contributed by atoms with Crippen molar-refractivity contribution in [2.45, 2.75) is 52.6 Å². The van der Waals surface area contributed by atoms with E-state index in [9.17, 15) is 14.4 Å². The Labute approximate surface area is 253 Å². The number of imidazole rings is 2. The fourth-order valence-electron chi connectivity index (χ4n) is 5.03. The molecule has 43 heavy (non-hydrogen) atoms. The van der Waals surface area contributed by atoms with Gasteiger partial charge in [0.2, 0.25) is 5.91 Å². The molecule has 1 aliphatic rings. The third-order valence-electron chi connectivity index (χ3n) is 7.25. The van der Waals surface area contributed by atoms with Crippen molar-refractivity contribution in [3.63, 3.8) is 0 Å². The van der Waals surface area contributed by atoms with Crippen molar-refractivity contribution in [2.24, 2.45) is 11.8 Å². The lowest BCUT2D eigenvalue weighted by atomic mass is 10.0. The number of amides is 3. The van der Waals surface area contributed by atoms with Crippen LogP contribution in [0.25, 0.3) is 26.7 Å². The predicted molar refractivity (Wildman–Crippen MR) is 164 cm³/mol. The van der Waals surface area contributed by atoms with Crippen LogP contribution >= 0.6 is 11.3 Å². The maximum Gasteiger partial charge on any atom is 0.412 e. The van der Waals surface area contributed by atoms with Gasteiger partial charge in [-0.05, 0) is 35.8 Å². The molecule has 2 atom stereocenters. The Morgan fingerprint density at radius 1 is 1.09 bits per heavy atom. The SMILES string of the molecule is COC(=O)N[C@H](C(=O)N1CCC[C@H]1c1ncc(-c2ccc(-c3cn4cc(NC(=O)OCC(C)C)nc4s3)cc2)[nH]1)C(C)C. The van der Waals surface area contributed by atoms with Crippen LogP contribution < -0.4 is 10.6 Å². The number of hydrogen-bond acceptors (Lipinski definition) is 8. The number of methoxy groups -OCH3 is 1. The molecule has 3 amide bonds. The van der Waals surface area contributed by atoms with Gasteiger partial charge in [-0.15, -0.1) is 0 Å². The van der Waals surface area contributed by atoms with E-state index in [1.165, 1.54) is 18.4 Å². The summed E-state index contributed by atoms with van der Waals surface area (Å²) in [6, 6.07) is 7.27. The molecule has 228 valence electrons. The second-order valence-corrected chi connectivity index (χ2v) is 12.3. The molecule has 0 aliphatic carbocycles. The number of nitrogens with one attached hydrogen (secondary N) is 3. The van der Waals surface area contributed by atoms with Crippen molar-refractivity contribution in [1.29, 1.82) is 0 Å². The van der Waals surface area contributed by atoms with Crippen molar-refractivity contribution >= 4 is 40.2 Å². The fraction of sp³-hybridized carbons (Fsp3) is 0.433. The highest BCUT2D eigenvalue weighted by Crippen LogP contribution is 2.34. The van der Waals surface area contributed by atoms with Crippen LogP contribution in [0.1, 0.15) is 52.4 Å². The topological polar surface area (TPSA) is 143 Å². The highest BCUT2D eigenvalue weighted by molar-refractivity contribution is 7.20. The van der Waals surface area contributed by atoms with E-state index in [4.69, 9.17) is 9.47 Å². The Morgan fingerprint density at radius 3 is 2.51 bits per heavy atom. The van der Waals surface area contributed by atoms with Gasteiger partial charge >= 0.3 is 12.2 Å². The minimum Gasteiger partial charge on any atom is -0.453 e. The van der Waals surface area contributed by atoms with E-state index in [0.29, 0.717) is 19.0 Å². The van der Waals surface area contributed by atoms with Gasteiger partial charge in [-0.1, -0.05) is 63.3 Å². The number of ether oxygens (including phenoxy) is 2. The number of hydrogen-bond donors (Lipinski definition) is 3. The number of nitrogens with zero attached hydrogens (tertiary/aromatic N) is 4. The highest BCUT2D eigenvalue weighted by Gasteiger charge is 2.37. The summed E-state index contributed by atoms with van der Waals surface area (Å²) in [6.45, 7) is 8.70. The Bertz CT molecular complexity index is 1560. The molecule has 3 aromatic heterocycles. The van der Waals surface area contributed by atoms with Gasteiger partial charge in [0.05, 0.1) is 42.7 Å². The van der Waals surface area contributed by atoms with E-state index in [0.717, 1.165) is 45.3 Å². The molecule has 4 aromatic rings. The summed E-state index contributed by atoms with van der Waals surface area (Å²) >= 11 is 1.52. The van der Waals surface area contributed by atoms with E-state index >= 15 is 0 Å². The minimum atomic E-state index is -0.677. The van der Waals surface area contributed by atoms with Crippen LogP contribution in [-0.2, 0) is 14.3 Å². The Hall–Kier alpha value is -4.39. The first kappa shape index (κ1) is 30.1. The molecular weight excluding hydrogens is 570 g/mol. The molecule has 13 heteroatoms. The minimum absolute atomic E-state index is 0.0942. The normalized spacial score (nSPS) is 15.7. The number of rotatable bonds is 9. The molecule has 1 aromatic carbocycles. The first-order valence-electron chi connectivity index (χ1n) is 14.4. The van der Waals surface area contributed by atoms with Crippen LogP contribution in [0.4, 0.5) is 15.4 Å². The largest absolute Gasteiger partial charge is 0.453 e. The third-order valence-corrected chi connectivity index (χ3v) is 8.30. The summed E-state index contributed by atoms with van der Waals surface area (Å²) < 4.78 is 11.8. The molecule has 3 N–H and O–H groups in total. The van der Waals surface area contributed by atoms with E-state index in [-0.39, 0.29) is 23.8 Å². The number of carbonyl (C=O) groups excluding carboxylic acids is 3. The molecule has 4 heterocycles.